The summed E-state index contributed by atoms with van der Waals surface area (Å²) in [6.45, 7) is 3.80. The number of aryl methyl sites for hydroxylation is 2. The van der Waals surface area contributed by atoms with Crippen LogP contribution in [-0.4, -0.2) is 20.0 Å². The first-order valence-electron chi connectivity index (χ1n) is 9.55. The van der Waals surface area contributed by atoms with Gasteiger partial charge in [-0.2, -0.15) is 5.10 Å². The Morgan fingerprint density at radius 3 is 2.36 bits per heavy atom. The molecule has 2 aromatic rings. The number of anilines is 1. The van der Waals surface area contributed by atoms with E-state index in [0.29, 0.717) is 0 Å². The van der Waals surface area contributed by atoms with Gasteiger partial charge in [0.15, 0.2) is 14.9 Å². The maximum atomic E-state index is 12.8. The summed E-state index contributed by atoms with van der Waals surface area (Å²) in [5.41, 5.74) is 5.78. The molecule has 2 aliphatic carbocycles. The Bertz CT molecular complexity index is 1030. The molecule has 0 saturated carbocycles. The normalized spacial score (nSPS) is 17.3. The number of rotatable bonds is 4. The molecular formula is C19H24ClN5O2S. The molecular weight excluding hydrogens is 398 g/mol. The third-order valence-corrected chi connectivity index (χ3v) is 7.11. The van der Waals surface area contributed by atoms with Crippen LogP contribution in [0.2, 0.25) is 5.02 Å². The van der Waals surface area contributed by atoms with Crippen LogP contribution in [-0.2, 0) is 35.6 Å². The van der Waals surface area contributed by atoms with Gasteiger partial charge < -0.3 is 5.32 Å². The number of nitrogens with one attached hydrogen (secondary N) is 3. The average Bonchev–Trinajstić information content (AvgIpc) is 3.32. The molecule has 1 heterocycles. The zero-order valence-electron chi connectivity index (χ0n) is 16.0. The summed E-state index contributed by atoms with van der Waals surface area (Å²) < 4.78 is 24.8. The first kappa shape index (κ1) is 19.3. The standard InChI is InChI=1S/C19H24ClN5O2S/c1-11(2)25-10-16(20)18(23-25)28(21,27)24-19(26)22-17-14-7-3-5-12(14)9-13-6-4-8-15(13)17/h9-11H,3-8H2,1-2H3,(H3,21,22,24,26,27). The molecule has 0 aliphatic heterocycles. The molecule has 0 saturated heterocycles. The van der Waals surface area contributed by atoms with Crippen LogP contribution in [0.3, 0.4) is 0 Å². The van der Waals surface area contributed by atoms with E-state index in [9.17, 15) is 9.00 Å². The molecule has 1 atom stereocenters. The fraction of sp³-hybridized carbons (Fsp3) is 0.474. The van der Waals surface area contributed by atoms with Crippen molar-refractivity contribution in [1.82, 2.24) is 14.5 Å². The third kappa shape index (κ3) is 3.39. The summed E-state index contributed by atoms with van der Waals surface area (Å²) in [5.74, 6) is 0. The van der Waals surface area contributed by atoms with Crippen molar-refractivity contribution in [2.45, 2.75) is 63.4 Å². The minimum absolute atomic E-state index is 0.00442. The molecule has 9 heteroatoms. The highest BCUT2D eigenvalue weighted by atomic mass is 35.5. The summed E-state index contributed by atoms with van der Waals surface area (Å²) in [6, 6.07) is 1.62. The molecule has 0 radical (unpaired) electrons. The van der Waals surface area contributed by atoms with Gasteiger partial charge in [-0.05, 0) is 74.6 Å². The van der Waals surface area contributed by atoms with Crippen molar-refractivity contribution in [3.05, 3.63) is 39.5 Å². The Labute approximate surface area is 170 Å². The second-order valence-corrected chi connectivity index (χ2v) is 9.81. The van der Waals surface area contributed by atoms with E-state index < -0.39 is 15.9 Å². The number of hydrogen-bond donors (Lipinski definition) is 3. The molecule has 28 heavy (non-hydrogen) atoms. The van der Waals surface area contributed by atoms with E-state index in [2.05, 4.69) is 21.2 Å². The van der Waals surface area contributed by atoms with Gasteiger partial charge in [0.1, 0.15) is 0 Å². The number of hydrogen-bond acceptors (Lipinski definition) is 4. The van der Waals surface area contributed by atoms with Gasteiger partial charge >= 0.3 is 6.03 Å². The quantitative estimate of drug-likeness (QED) is 0.688. The first-order valence-corrected chi connectivity index (χ1v) is 11.5. The van der Waals surface area contributed by atoms with Crippen LogP contribution in [0.25, 0.3) is 0 Å². The third-order valence-electron chi connectivity index (χ3n) is 5.41. The number of benzene rings is 1. The Morgan fingerprint density at radius 2 is 1.82 bits per heavy atom. The lowest BCUT2D eigenvalue weighted by molar-refractivity contribution is 0.256. The van der Waals surface area contributed by atoms with Crippen LogP contribution in [0.4, 0.5) is 10.5 Å². The maximum absolute atomic E-state index is 12.8. The predicted octanol–water partition coefficient (Wildman–Crippen LogP) is 4.24. The van der Waals surface area contributed by atoms with Crippen LogP contribution in [0.5, 0.6) is 0 Å². The Morgan fingerprint density at radius 1 is 1.21 bits per heavy atom. The van der Waals surface area contributed by atoms with Crippen LogP contribution in [0.15, 0.2) is 17.3 Å². The molecule has 0 fully saturated rings. The SMILES string of the molecule is CC(C)n1cc(Cl)c(S(=N)(=O)NC(=O)Nc2c3c(cc4c2CCC4)CCC3)n1. The summed E-state index contributed by atoms with van der Waals surface area (Å²) in [7, 11) is -3.68. The van der Waals surface area contributed by atoms with Gasteiger partial charge in [0, 0.05) is 17.9 Å². The fourth-order valence-corrected chi connectivity index (χ4v) is 5.51. The lowest BCUT2D eigenvalue weighted by Crippen LogP contribution is -2.34. The van der Waals surface area contributed by atoms with Crippen molar-refractivity contribution in [2.24, 2.45) is 0 Å². The second kappa shape index (κ2) is 7.08. The number of amides is 2. The van der Waals surface area contributed by atoms with Crippen LogP contribution in [0.1, 0.15) is 55.0 Å². The molecule has 7 nitrogen and oxygen atoms in total. The minimum Gasteiger partial charge on any atom is -0.307 e. The highest BCUT2D eigenvalue weighted by Gasteiger charge is 2.27. The van der Waals surface area contributed by atoms with E-state index in [1.165, 1.54) is 33.1 Å². The highest BCUT2D eigenvalue weighted by Crippen LogP contribution is 2.38. The average molecular weight is 422 g/mol. The zero-order valence-corrected chi connectivity index (χ0v) is 17.5. The lowest BCUT2D eigenvalue weighted by atomic mass is 9.99. The Kier molecular flexibility index (Phi) is 4.87. The molecule has 0 spiro atoms. The number of fused-ring (bicyclic) bond motifs is 2. The number of nitrogens with zero attached hydrogens (tertiary/aromatic N) is 2. The summed E-state index contributed by atoms with van der Waals surface area (Å²) in [6.07, 6.45) is 7.58. The zero-order chi connectivity index (χ0) is 20.1. The van der Waals surface area contributed by atoms with Crippen LogP contribution < -0.4 is 10.0 Å². The fourth-order valence-electron chi connectivity index (χ4n) is 4.10. The van der Waals surface area contributed by atoms with E-state index in [-0.39, 0.29) is 16.1 Å². The maximum Gasteiger partial charge on any atom is 0.332 e. The van der Waals surface area contributed by atoms with E-state index in [0.717, 1.165) is 44.2 Å². The van der Waals surface area contributed by atoms with E-state index in [4.69, 9.17) is 16.4 Å². The molecule has 2 amide bonds. The molecule has 1 aromatic heterocycles. The molecule has 1 unspecified atom stereocenters. The topological polar surface area (TPSA) is 99.9 Å². The number of urea groups is 1. The summed E-state index contributed by atoms with van der Waals surface area (Å²) >= 11 is 6.12. The van der Waals surface area contributed by atoms with Gasteiger partial charge in [-0.25, -0.2) is 18.5 Å². The van der Waals surface area contributed by atoms with Crippen molar-refractivity contribution < 1.29 is 9.00 Å². The second-order valence-electron chi connectivity index (χ2n) is 7.70. The van der Waals surface area contributed by atoms with E-state index in [1.807, 2.05) is 13.8 Å². The van der Waals surface area contributed by atoms with Crippen LogP contribution in [0, 0.1) is 4.78 Å². The lowest BCUT2D eigenvalue weighted by Gasteiger charge is -2.17. The van der Waals surface area contributed by atoms with Gasteiger partial charge in [0.25, 0.3) is 0 Å². The summed E-state index contributed by atoms with van der Waals surface area (Å²) in [5, 5.41) is 7.01. The van der Waals surface area contributed by atoms with Gasteiger partial charge in [-0.15, -0.1) is 0 Å². The molecule has 0 bridgehead atoms. The van der Waals surface area contributed by atoms with E-state index >= 15 is 0 Å². The highest BCUT2D eigenvalue weighted by molar-refractivity contribution is 7.91. The Balaban J connectivity index is 1.59. The molecule has 1 aromatic carbocycles. The minimum atomic E-state index is -3.68. The molecule has 4 rings (SSSR count). The van der Waals surface area contributed by atoms with Gasteiger partial charge in [0.05, 0.1) is 5.02 Å². The smallest absolute Gasteiger partial charge is 0.307 e. The van der Waals surface area contributed by atoms with Crippen molar-refractivity contribution in [1.29, 1.82) is 4.78 Å². The van der Waals surface area contributed by atoms with Gasteiger partial charge in [-0.1, -0.05) is 17.7 Å². The van der Waals surface area contributed by atoms with Crippen molar-refractivity contribution in [3.8, 4) is 0 Å². The first-order chi connectivity index (χ1) is 13.3. The summed E-state index contributed by atoms with van der Waals surface area (Å²) in [4.78, 5) is 12.7. The number of aromatic nitrogens is 2. The monoisotopic (exact) mass is 421 g/mol. The van der Waals surface area contributed by atoms with Crippen LogP contribution >= 0.6 is 11.6 Å². The van der Waals surface area contributed by atoms with Crippen molar-refractivity contribution in [3.63, 3.8) is 0 Å². The number of carbonyl (C=O) groups excluding carboxylic acids is 1. The molecule has 3 N–H and O–H groups in total. The van der Waals surface area contributed by atoms with Gasteiger partial charge in [-0.3, -0.25) is 4.68 Å². The van der Waals surface area contributed by atoms with Gasteiger partial charge in [0.2, 0.25) is 0 Å². The number of halogens is 1. The largest absolute Gasteiger partial charge is 0.332 e. The number of carbonyl (C=O) groups is 1. The predicted molar refractivity (Wildman–Crippen MR) is 109 cm³/mol. The van der Waals surface area contributed by atoms with Crippen molar-refractivity contribution in [2.75, 3.05) is 5.32 Å². The molecule has 150 valence electrons. The molecule has 2 aliphatic rings. The van der Waals surface area contributed by atoms with E-state index in [1.54, 1.807) is 0 Å². The van der Waals surface area contributed by atoms with Crippen molar-refractivity contribution >= 4 is 33.2 Å². The Hall–Kier alpha value is -2.06.